The molecule has 2 heterocycles. The summed E-state index contributed by atoms with van der Waals surface area (Å²) in [5, 5.41) is 3.58. The first-order valence-electron chi connectivity index (χ1n) is 6.70. The molecule has 0 fully saturated rings. The zero-order valence-corrected chi connectivity index (χ0v) is 16.8. The molecule has 0 aliphatic heterocycles. The second kappa shape index (κ2) is 5.74. The molecule has 21 heavy (non-hydrogen) atoms. The number of hydrogen-bond donors (Lipinski definition) is 0. The van der Waals surface area contributed by atoms with Gasteiger partial charge in [0.15, 0.2) is 5.82 Å². The summed E-state index contributed by atoms with van der Waals surface area (Å²) in [5.74, 6) is 0.608. The molecule has 0 spiro atoms. The SMILES string of the molecule is CC(C)(C)c1nc(-c2nc(Cl)c(I)c(C(C)(C)C)n2)cs1. The minimum atomic E-state index is -0.0826. The van der Waals surface area contributed by atoms with E-state index in [9.17, 15) is 0 Å². The molecule has 114 valence electrons. The Kier molecular flexibility index (Phi) is 4.67. The molecule has 0 aromatic carbocycles. The van der Waals surface area contributed by atoms with Gasteiger partial charge in [-0.15, -0.1) is 11.3 Å². The van der Waals surface area contributed by atoms with Gasteiger partial charge in [-0.2, -0.15) is 0 Å². The molecule has 0 unspecified atom stereocenters. The molecular formula is C15H19ClIN3S. The highest BCUT2D eigenvalue weighted by Gasteiger charge is 2.24. The van der Waals surface area contributed by atoms with Gasteiger partial charge in [0.25, 0.3) is 0 Å². The Morgan fingerprint density at radius 2 is 1.62 bits per heavy atom. The van der Waals surface area contributed by atoms with Crippen LogP contribution in [0.25, 0.3) is 11.5 Å². The number of aromatic nitrogens is 3. The van der Waals surface area contributed by atoms with Crippen LogP contribution >= 0.6 is 45.5 Å². The van der Waals surface area contributed by atoms with Crippen LogP contribution in [0, 0.1) is 3.57 Å². The smallest absolute Gasteiger partial charge is 0.180 e. The zero-order valence-electron chi connectivity index (χ0n) is 13.1. The molecule has 2 aromatic heterocycles. The van der Waals surface area contributed by atoms with Crippen molar-refractivity contribution in [1.82, 2.24) is 15.0 Å². The third-order valence-corrected chi connectivity index (χ3v) is 5.78. The zero-order chi connectivity index (χ0) is 16.0. The van der Waals surface area contributed by atoms with Crippen molar-refractivity contribution in [2.24, 2.45) is 0 Å². The van der Waals surface area contributed by atoms with Gasteiger partial charge in [-0.3, -0.25) is 0 Å². The molecule has 2 aromatic rings. The number of rotatable bonds is 1. The van der Waals surface area contributed by atoms with Crippen LogP contribution < -0.4 is 0 Å². The molecule has 0 N–H and O–H groups in total. The number of halogens is 2. The summed E-state index contributed by atoms with van der Waals surface area (Å²) in [6, 6.07) is 0. The Hall–Kier alpha value is -0.270. The Morgan fingerprint density at radius 3 is 2.10 bits per heavy atom. The minimum absolute atomic E-state index is 0.0305. The van der Waals surface area contributed by atoms with E-state index >= 15 is 0 Å². The predicted molar refractivity (Wildman–Crippen MR) is 98.3 cm³/mol. The molecule has 0 bridgehead atoms. The molecule has 0 aliphatic rings. The monoisotopic (exact) mass is 435 g/mol. The van der Waals surface area contributed by atoms with Gasteiger partial charge in [-0.05, 0) is 22.6 Å². The molecule has 0 radical (unpaired) electrons. The summed E-state index contributed by atoms with van der Waals surface area (Å²) in [7, 11) is 0. The van der Waals surface area contributed by atoms with Crippen molar-refractivity contribution in [3.8, 4) is 11.5 Å². The van der Waals surface area contributed by atoms with Gasteiger partial charge in [0.05, 0.1) is 14.3 Å². The average Bonchev–Trinajstić information content (AvgIpc) is 2.80. The van der Waals surface area contributed by atoms with Crippen molar-refractivity contribution in [3.63, 3.8) is 0 Å². The summed E-state index contributed by atoms with van der Waals surface area (Å²) in [4.78, 5) is 13.8. The maximum absolute atomic E-state index is 6.29. The molecule has 2 rings (SSSR count). The Balaban J connectivity index is 2.55. The molecule has 0 saturated heterocycles. The molecule has 0 atom stereocenters. The first-order chi connectivity index (χ1) is 9.50. The van der Waals surface area contributed by atoms with E-state index in [0.717, 1.165) is 20.0 Å². The molecule has 6 heteroatoms. The molecule has 0 saturated carbocycles. The van der Waals surface area contributed by atoms with Crippen molar-refractivity contribution < 1.29 is 0 Å². The van der Waals surface area contributed by atoms with E-state index in [-0.39, 0.29) is 10.8 Å². The first-order valence-corrected chi connectivity index (χ1v) is 9.03. The van der Waals surface area contributed by atoms with E-state index in [4.69, 9.17) is 16.6 Å². The summed E-state index contributed by atoms with van der Waals surface area (Å²) < 4.78 is 0.914. The topological polar surface area (TPSA) is 38.7 Å². The highest BCUT2D eigenvalue weighted by atomic mass is 127. The van der Waals surface area contributed by atoms with Crippen LogP contribution in [-0.2, 0) is 10.8 Å². The van der Waals surface area contributed by atoms with E-state index in [0.29, 0.717) is 11.0 Å². The van der Waals surface area contributed by atoms with Crippen LogP contribution in [0.2, 0.25) is 5.15 Å². The van der Waals surface area contributed by atoms with Crippen LogP contribution in [0.15, 0.2) is 5.38 Å². The standard InChI is InChI=1S/C15H19ClIN3S/c1-14(2,3)10-9(17)11(16)20-12(19-10)8-7-21-13(18-8)15(4,5)6/h7H,1-6H3. The number of hydrogen-bond acceptors (Lipinski definition) is 4. The van der Waals surface area contributed by atoms with E-state index in [1.54, 1.807) is 11.3 Å². The Labute approximate surface area is 148 Å². The van der Waals surface area contributed by atoms with Gasteiger partial charge in [0.1, 0.15) is 10.8 Å². The van der Waals surface area contributed by atoms with Crippen molar-refractivity contribution >= 4 is 45.5 Å². The van der Waals surface area contributed by atoms with Gasteiger partial charge in [0.2, 0.25) is 0 Å². The fourth-order valence-corrected chi connectivity index (χ4v) is 3.86. The van der Waals surface area contributed by atoms with Gasteiger partial charge in [0, 0.05) is 16.2 Å². The Bertz CT molecular complexity index is 669. The van der Waals surface area contributed by atoms with Crippen LogP contribution in [0.3, 0.4) is 0 Å². The number of nitrogens with zero attached hydrogens (tertiary/aromatic N) is 3. The van der Waals surface area contributed by atoms with E-state index in [2.05, 4.69) is 74.1 Å². The summed E-state index contributed by atoms with van der Waals surface area (Å²) in [6.45, 7) is 12.8. The highest BCUT2D eigenvalue weighted by molar-refractivity contribution is 14.1. The summed E-state index contributed by atoms with van der Waals surface area (Å²) in [6.07, 6.45) is 0. The van der Waals surface area contributed by atoms with Crippen LogP contribution in [-0.4, -0.2) is 15.0 Å². The lowest BCUT2D eigenvalue weighted by molar-refractivity contribution is 0.563. The largest absolute Gasteiger partial charge is 0.237 e. The molecule has 3 nitrogen and oxygen atoms in total. The Morgan fingerprint density at radius 1 is 1.00 bits per heavy atom. The van der Waals surface area contributed by atoms with Gasteiger partial charge >= 0.3 is 0 Å². The van der Waals surface area contributed by atoms with Crippen molar-refractivity contribution in [1.29, 1.82) is 0 Å². The normalized spacial score (nSPS) is 12.8. The lowest BCUT2D eigenvalue weighted by Crippen LogP contribution is -2.17. The first kappa shape index (κ1) is 17.1. The highest BCUT2D eigenvalue weighted by Crippen LogP contribution is 2.33. The van der Waals surface area contributed by atoms with Gasteiger partial charge in [-0.1, -0.05) is 53.1 Å². The lowest BCUT2D eigenvalue weighted by Gasteiger charge is -2.20. The molecular weight excluding hydrogens is 417 g/mol. The summed E-state index contributed by atoms with van der Waals surface area (Å²) in [5.41, 5.74) is 1.71. The van der Waals surface area contributed by atoms with E-state index in [1.807, 2.05) is 5.38 Å². The molecule has 0 aliphatic carbocycles. The minimum Gasteiger partial charge on any atom is -0.237 e. The van der Waals surface area contributed by atoms with Crippen molar-refractivity contribution in [2.45, 2.75) is 52.4 Å². The second-order valence-corrected chi connectivity index (χ2v) is 9.33. The van der Waals surface area contributed by atoms with Crippen LogP contribution in [0.1, 0.15) is 52.2 Å². The van der Waals surface area contributed by atoms with Crippen LogP contribution in [0.5, 0.6) is 0 Å². The summed E-state index contributed by atoms with van der Waals surface area (Å²) >= 11 is 10.1. The van der Waals surface area contributed by atoms with Crippen molar-refractivity contribution in [2.75, 3.05) is 0 Å². The van der Waals surface area contributed by atoms with Crippen LogP contribution in [0.4, 0.5) is 0 Å². The fraction of sp³-hybridized carbons (Fsp3) is 0.533. The third kappa shape index (κ3) is 3.74. The molecule has 0 amide bonds. The van der Waals surface area contributed by atoms with Gasteiger partial charge in [-0.25, -0.2) is 15.0 Å². The predicted octanol–water partition coefficient (Wildman–Crippen LogP) is 5.45. The third-order valence-electron chi connectivity index (χ3n) is 2.90. The quantitative estimate of drug-likeness (QED) is 0.441. The van der Waals surface area contributed by atoms with E-state index < -0.39 is 0 Å². The second-order valence-electron chi connectivity index (χ2n) is 7.04. The maximum atomic E-state index is 6.29. The maximum Gasteiger partial charge on any atom is 0.180 e. The number of thiazole rings is 1. The lowest BCUT2D eigenvalue weighted by atomic mass is 9.92. The van der Waals surface area contributed by atoms with E-state index in [1.165, 1.54) is 0 Å². The fourth-order valence-electron chi connectivity index (χ4n) is 1.75. The average molecular weight is 436 g/mol. The van der Waals surface area contributed by atoms with Gasteiger partial charge < -0.3 is 0 Å². The van der Waals surface area contributed by atoms with Crippen molar-refractivity contribution in [3.05, 3.63) is 24.8 Å².